The Kier molecular flexibility index (Phi) is 5.48. The van der Waals surface area contributed by atoms with E-state index in [1.54, 1.807) is 19.1 Å². The summed E-state index contributed by atoms with van der Waals surface area (Å²) < 4.78 is 38.6. The number of alkyl halides is 3. The van der Waals surface area contributed by atoms with Crippen molar-refractivity contribution in [3.05, 3.63) is 47.7 Å². The van der Waals surface area contributed by atoms with Gasteiger partial charge in [0.05, 0.1) is 5.88 Å². The molecule has 2 aromatic heterocycles. The van der Waals surface area contributed by atoms with Crippen LogP contribution in [-0.4, -0.2) is 21.9 Å². The van der Waals surface area contributed by atoms with Gasteiger partial charge in [0.1, 0.15) is 11.5 Å². The van der Waals surface area contributed by atoms with Crippen molar-refractivity contribution in [1.29, 1.82) is 0 Å². The summed E-state index contributed by atoms with van der Waals surface area (Å²) in [4.78, 5) is 16.3. The van der Waals surface area contributed by atoms with E-state index < -0.39 is 12.5 Å². The first kappa shape index (κ1) is 18.3. The van der Waals surface area contributed by atoms with Gasteiger partial charge in [0.15, 0.2) is 11.6 Å². The topological polar surface area (TPSA) is 77.3 Å². The Balaban J connectivity index is 1.81. The SMILES string of the molecule is Cc1oc(C(=O)Nc2nc(CCl)ns2)cc1-c1cccc(OC(F)F)c1. The van der Waals surface area contributed by atoms with Crippen LogP contribution in [0.25, 0.3) is 11.1 Å². The number of ether oxygens (including phenoxy) is 1. The lowest BCUT2D eigenvalue weighted by Gasteiger charge is -2.06. The number of halogens is 3. The summed E-state index contributed by atoms with van der Waals surface area (Å²) in [6, 6.07) is 7.67. The highest BCUT2D eigenvalue weighted by Gasteiger charge is 2.18. The number of hydrogen-bond donors (Lipinski definition) is 1. The molecule has 0 saturated heterocycles. The maximum atomic E-state index is 12.4. The number of nitrogens with one attached hydrogen (secondary N) is 1. The zero-order chi connectivity index (χ0) is 18.7. The number of nitrogens with zero attached hydrogens (tertiary/aromatic N) is 2. The van der Waals surface area contributed by atoms with Gasteiger partial charge in [-0.1, -0.05) is 12.1 Å². The molecule has 0 spiro atoms. The lowest BCUT2D eigenvalue weighted by atomic mass is 10.1. The van der Waals surface area contributed by atoms with Gasteiger partial charge in [-0.15, -0.1) is 11.6 Å². The third-order valence-electron chi connectivity index (χ3n) is 3.32. The fourth-order valence-corrected chi connectivity index (χ4v) is 3.01. The number of rotatable bonds is 6. The predicted octanol–water partition coefficient (Wildman–Crippen LogP) is 4.70. The van der Waals surface area contributed by atoms with Gasteiger partial charge >= 0.3 is 6.61 Å². The maximum Gasteiger partial charge on any atom is 0.387 e. The van der Waals surface area contributed by atoms with Crippen molar-refractivity contribution >= 4 is 34.2 Å². The van der Waals surface area contributed by atoms with Gasteiger partial charge in [-0.05, 0) is 30.7 Å². The molecule has 1 amide bonds. The Morgan fingerprint density at radius 3 is 2.92 bits per heavy atom. The third kappa shape index (κ3) is 4.17. The van der Waals surface area contributed by atoms with Crippen LogP contribution < -0.4 is 10.1 Å². The molecule has 0 fully saturated rings. The summed E-state index contributed by atoms with van der Waals surface area (Å²) >= 11 is 6.63. The molecule has 0 aliphatic rings. The monoisotopic (exact) mass is 399 g/mol. The normalized spacial score (nSPS) is 11.0. The van der Waals surface area contributed by atoms with E-state index in [9.17, 15) is 13.6 Å². The maximum absolute atomic E-state index is 12.4. The largest absolute Gasteiger partial charge is 0.456 e. The van der Waals surface area contributed by atoms with Gasteiger partial charge in [0.25, 0.3) is 5.91 Å². The van der Waals surface area contributed by atoms with Gasteiger partial charge in [0.2, 0.25) is 5.13 Å². The Labute approximate surface area is 155 Å². The number of aryl methyl sites for hydroxylation is 1. The molecule has 1 N–H and O–H groups in total. The third-order valence-corrected chi connectivity index (χ3v) is 4.23. The Morgan fingerprint density at radius 2 is 2.23 bits per heavy atom. The van der Waals surface area contributed by atoms with Gasteiger partial charge in [0, 0.05) is 17.1 Å². The summed E-state index contributed by atoms with van der Waals surface area (Å²) in [5, 5.41) is 2.87. The zero-order valence-corrected chi connectivity index (χ0v) is 14.9. The quantitative estimate of drug-likeness (QED) is 0.608. The van der Waals surface area contributed by atoms with Crippen LogP contribution in [0.5, 0.6) is 5.75 Å². The minimum Gasteiger partial charge on any atom is -0.456 e. The number of furan rings is 1. The van der Waals surface area contributed by atoms with Crippen LogP contribution in [0.3, 0.4) is 0 Å². The first-order valence-electron chi connectivity index (χ1n) is 7.32. The van der Waals surface area contributed by atoms with Crippen molar-refractivity contribution in [1.82, 2.24) is 9.36 Å². The van der Waals surface area contributed by atoms with E-state index in [2.05, 4.69) is 19.4 Å². The van der Waals surface area contributed by atoms with Crippen LogP contribution in [0, 0.1) is 6.92 Å². The number of amides is 1. The van der Waals surface area contributed by atoms with E-state index >= 15 is 0 Å². The number of hydrogen-bond acceptors (Lipinski definition) is 6. The molecule has 2 heterocycles. The van der Waals surface area contributed by atoms with E-state index in [1.165, 1.54) is 18.2 Å². The Bertz CT molecular complexity index is 929. The molecular weight excluding hydrogens is 388 g/mol. The molecule has 136 valence electrons. The van der Waals surface area contributed by atoms with Gasteiger partial charge in [-0.25, -0.2) is 4.98 Å². The molecule has 26 heavy (non-hydrogen) atoms. The van der Waals surface area contributed by atoms with Crippen LogP contribution in [0.4, 0.5) is 13.9 Å². The fourth-order valence-electron chi connectivity index (χ4n) is 2.24. The van der Waals surface area contributed by atoms with Crippen molar-refractivity contribution in [2.75, 3.05) is 5.32 Å². The van der Waals surface area contributed by atoms with E-state index in [0.717, 1.165) is 11.5 Å². The van der Waals surface area contributed by atoms with Crippen molar-refractivity contribution in [2.45, 2.75) is 19.4 Å². The number of anilines is 1. The smallest absolute Gasteiger partial charge is 0.387 e. The Hall–Kier alpha value is -2.52. The van der Waals surface area contributed by atoms with E-state index in [1.807, 2.05) is 0 Å². The fraction of sp³-hybridized carbons (Fsp3) is 0.188. The second-order valence-electron chi connectivity index (χ2n) is 5.09. The van der Waals surface area contributed by atoms with Crippen molar-refractivity contribution in [3.63, 3.8) is 0 Å². The van der Waals surface area contributed by atoms with Crippen LogP contribution in [-0.2, 0) is 5.88 Å². The molecule has 10 heteroatoms. The highest BCUT2D eigenvalue weighted by Crippen LogP contribution is 2.30. The van der Waals surface area contributed by atoms with Crippen LogP contribution in [0.2, 0.25) is 0 Å². The number of carbonyl (C=O) groups excluding carboxylic acids is 1. The van der Waals surface area contributed by atoms with Crippen molar-refractivity contribution in [3.8, 4) is 16.9 Å². The molecule has 6 nitrogen and oxygen atoms in total. The lowest BCUT2D eigenvalue weighted by Crippen LogP contribution is -2.10. The zero-order valence-electron chi connectivity index (χ0n) is 13.3. The predicted molar refractivity (Wildman–Crippen MR) is 92.9 cm³/mol. The summed E-state index contributed by atoms with van der Waals surface area (Å²) in [5.41, 5.74) is 1.18. The summed E-state index contributed by atoms with van der Waals surface area (Å²) in [6.07, 6.45) is 0. The molecule has 0 bridgehead atoms. The van der Waals surface area contributed by atoms with Gasteiger partial charge in [-0.3, -0.25) is 10.1 Å². The second kappa shape index (κ2) is 7.79. The molecule has 0 saturated carbocycles. The first-order valence-corrected chi connectivity index (χ1v) is 8.62. The molecule has 1 aromatic carbocycles. The molecular formula is C16H12ClF2N3O3S. The Morgan fingerprint density at radius 1 is 1.42 bits per heavy atom. The molecule has 3 rings (SSSR count). The van der Waals surface area contributed by atoms with E-state index in [0.29, 0.717) is 27.8 Å². The minimum atomic E-state index is -2.91. The summed E-state index contributed by atoms with van der Waals surface area (Å²) in [7, 11) is 0. The number of aromatic nitrogens is 2. The van der Waals surface area contributed by atoms with Gasteiger partial charge in [-0.2, -0.15) is 13.2 Å². The standard InChI is InChI=1S/C16H12ClF2N3O3S/c1-8-11(9-3-2-4-10(5-9)25-15(18)19)6-12(24-8)14(23)21-16-20-13(7-17)22-26-16/h2-6,15H,7H2,1H3,(H,20,21,22,23). The molecule has 3 aromatic rings. The average molecular weight is 400 g/mol. The van der Waals surface area contributed by atoms with E-state index in [4.69, 9.17) is 16.0 Å². The lowest BCUT2D eigenvalue weighted by molar-refractivity contribution is -0.0498. The number of benzene rings is 1. The van der Waals surface area contributed by atoms with Crippen LogP contribution >= 0.6 is 23.1 Å². The number of carbonyl (C=O) groups is 1. The van der Waals surface area contributed by atoms with E-state index in [-0.39, 0.29) is 17.4 Å². The summed E-state index contributed by atoms with van der Waals surface area (Å²) in [5.74, 6) is 0.596. The molecule has 0 atom stereocenters. The second-order valence-corrected chi connectivity index (χ2v) is 6.11. The average Bonchev–Trinajstić information content (AvgIpc) is 3.21. The molecule has 0 radical (unpaired) electrons. The summed E-state index contributed by atoms with van der Waals surface area (Å²) in [6.45, 7) is -1.25. The van der Waals surface area contributed by atoms with Crippen LogP contribution in [0.15, 0.2) is 34.7 Å². The van der Waals surface area contributed by atoms with Crippen molar-refractivity contribution < 1.29 is 22.7 Å². The minimum absolute atomic E-state index is 0.0200. The highest BCUT2D eigenvalue weighted by molar-refractivity contribution is 7.09. The molecule has 0 unspecified atom stereocenters. The first-order chi connectivity index (χ1) is 12.5. The highest BCUT2D eigenvalue weighted by atomic mass is 35.5. The van der Waals surface area contributed by atoms with Crippen molar-refractivity contribution in [2.24, 2.45) is 0 Å². The van der Waals surface area contributed by atoms with Gasteiger partial charge < -0.3 is 9.15 Å². The molecule has 0 aliphatic carbocycles. The molecule has 0 aliphatic heterocycles. The van der Waals surface area contributed by atoms with Crippen LogP contribution in [0.1, 0.15) is 22.1 Å².